The molecule has 9 heteroatoms. The minimum Gasteiger partial charge on any atom is -0.394 e. The number of nitrogens with zero attached hydrogens (tertiary/aromatic N) is 1. The first-order chi connectivity index (χ1) is 15.2. The highest BCUT2D eigenvalue weighted by Crippen LogP contribution is 2.31. The Bertz CT molecular complexity index is 1020. The Balaban J connectivity index is 1.87. The zero-order valence-electron chi connectivity index (χ0n) is 17.9. The number of sulfonamides is 1. The third-order valence-electron chi connectivity index (χ3n) is 5.64. The number of benzene rings is 2. The summed E-state index contributed by atoms with van der Waals surface area (Å²) >= 11 is 5.91. The summed E-state index contributed by atoms with van der Waals surface area (Å²) in [4.78, 5) is 12.3. The lowest BCUT2D eigenvalue weighted by atomic mass is 9.93. The summed E-state index contributed by atoms with van der Waals surface area (Å²) in [6.45, 7) is 1.50. The third-order valence-corrected chi connectivity index (χ3v) is 7.78. The quantitative estimate of drug-likeness (QED) is 0.597. The molecular formula is C23H28ClFN2O4S. The first kappa shape index (κ1) is 24.6. The van der Waals surface area contributed by atoms with Gasteiger partial charge in [-0.2, -0.15) is 4.31 Å². The number of carbonyl (C=O) groups excluding carboxylic acids is 1. The van der Waals surface area contributed by atoms with Crippen molar-refractivity contribution in [2.75, 3.05) is 6.61 Å². The van der Waals surface area contributed by atoms with Gasteiger partial charge in [-0.3, -0.25) is 4.79 Å². The molecule has 0 aliphatic heterocycles. The molecule has 0 saturated heterocycles. The van der Waals surface area contributed by atoms with Gasteiger partial charge in [0, 0.05) is 23.2 Å². The van der Waals surface area contributed by atoms with Crippen LogP contribution in [0, 0.1) is 0 Å². The summed E-state index contributed by atoms with van der Waals surface area (Å²) in [7, 11) is -3.97. The van der Waals surface area contributed by atoms with Crippen LogP contribution in [-0.2, 0) is 16.6 Å². The molecule has 1 saturated carbocycles. The van der Waals surface area contributed by atoms with Gasteiger partial charge in [0.25, 0.3) is 5.91 Å². The second kappa shape index (κ2) is 10.7. The second-order valence-corrected chi connectivity index (χ2v) is 10.5. The normalized spacial score (nSPS) is 20.2. The zero-order valence-corrected chi connectivity index (χ0v) is 19.4. The number of aliphatic hydroxyl groups is 1. The van der Waals surface area contributed by atoms with E-state index in [1.165, 1.54) is 28.6 Å². The monoisotopic (exact) mass is 482 g/mol. The Morgan fingerprint density at radius 3 is 2.38 bits per heavy atom. The van der Waals surface area contributed by atoms with Gasteiger partial charge in [-0.25, -0.2) is 12.8 Å². The lowest BCUT2D eigenvalue weighted by Crippen LogP contribution is -2.46. The number of alkyl halides is 1. The number of nitrogens with one attached hydrogen (secondary N) is 1. The first-order valence-corrected chi connectivity index (χ1v) is 12.5. The van der Waals surface area contributed by atoms with Gasteiger partial charge < -0.3 is 10.4 Å². The Morgan fingerprint density at radius 1 is 1.16 bits per heavy atom. The van der Waals surface area contributed by atoms with E-state index in [9.17, 15) is 17.6 Å². The van der Waals surface area contributed by atoms with Crippen LogP contribution in [0.2, 0.25) is 5.02 Å². The Morgan fingerprint density at radius 2 is 1.78 bits per heavy atom. The summed E-state index contributed by atoms with van der Waals surface area (Å²) in [5, 5.41) is 12.2. The molecule has 1 aliphatic rings. The standard InChI is InChI=1S/C23H28ClFN2O4S/c1-16(15-28)26-23(29)18-8-6-17(7-9-18)14-27(22-5-3-2-4-21(22)25)32(30,31)20-12-10-19(24)11-13-20/h6-13,16,21-22,28H,2-5,14-15H2,1H3,(H,26,29)/t16-,21?,22?/m1/s1. The molecule has 3 atom stereocenters. The highest BCUT2D eigenvalue weighted by molar-refractivity contribution is 7.89. The molecule has 0 heterocycles. The fourth-order valence-corrected chi connectivity index (χ4v) is 5.60. The van der Waals surface area contributed by atoms with E-state index in [1.807, 2.05) is 0 Å². The van der Waals surface area contributed by atoms with E-state index < -0.39 is 22.2 Å². The fourth-order valence-electron chi connectivity index (χ4n) is 3.81. The summed E-state index contributed by atoms with van der Waals surface area (Å²) in [5.41, 5.74) is 1.04. The average Bonchev–Trinajstić information content (AvgIpc) is 2.78. The van der Waals surface area contributed by atoms with Crippen LogP contribution in [0.4, 0.5) is 4.39 Å². The second-order valence-electron chi connectivity index (χ2n) is 8.13. The van der Waals surface area contributed by atoms with Crippen LogP contribution in [0.3, 0.4) is 0 Å². The van der Waals surface area contributed by atoms with Gasteiger partial charge in [-0.1, -0.05) is 36.6 Å². The van der Waals surface area contributed by atoms with E-state index >= 15 is 0 Å². The molecule has 0 radical (unpaired) electrons. The molecule has 0 aromatic heterocycles. The van der Waals surface area contributed by atoms with E-state index in [0.717, 1.165) is 12.8 Å². The summed E-state index contributed by atoms with van der Waals surface area (Å²) in [6.07, 6.45) is 1.05. The van der Waals surface area contributed by atoms with Crippen molar-refractivity contribution in [2.45, 2.75) is 62.3 Å². The lowest BCUT2D eigenvalue weighted by molar-refractivity contribution is 0.0922. The highest BCUT2D eigenvalue weighted by atomic mass is 35.5. The number of rotatable bonds is 8. The molecular weight excluding hydrogens is 455 g/mol. The van der Waals surface area contributed by atoms with E-state index in [0.29, 0.717) is 29.0 Å². The van der Waals surface area contributed by atoms with Gasteiger partial charge in [0.2, 0.25) is 10.0 Å². The van der Waals surface area contributed by atoms with Gasteiger partial charge >= 0.3 is 0 Å². The van der Waals surface area contributed by atoms with Gasteiger partial charge in [-0.15, -0.1) is 0 Å². The van der Waals surface area contributed by atoms with Crippen molar-refractivity contribution >= 4 is 27.5 Å². The van der Waals surface area contributed by atoms with Crippen LogP contribution in [-0.4, -0.2) is 48.6 Å². The Hall–Kier alpha value is -2.00. The smallest absolute Gasteiger partial charge is 0.251 e. The molecule has 2 aromatic rings. The number of hydrogen-bond acceptors (Lipinski definition) is 4. The predicted molar refractivity (Wildman–Crippen MR) is 122 cm³/mol. The van der Waals surface area contributed by atoms with Crippen LogP contribution in [0.1, 0.15) is 48.5 Å². The molecule has 1 aliphatic carbocycles. The number of aliphatic hydroxyl groups excluding tert-OH is 1. The maximum atomic E-state index is 14.8. The average molecular weight is 483 g/mol. The van der Waals surface area contributed by atoms with Crippen molar-refractivity contribution in [3.8, 4) is 0 Å². The van der Waals surface area contributed by atoms with Gasteiger partial charge in [0.05, 0.1) is 17.5 Å². The Labute approximate surface area is 193 Å². The van der Waals surface area contributed by atoms with Crippen LogP contribution < -0.4 is 5.32 Å². The van der Waals surface area contributed by atoms with E-state index in [-0.39, 0.29) is 30.0 Å². The van der Waals surface area contributed by atoms with Crippen molar-refractivity contribution in [3.05, 3.63) is 64.7 Å². The summed E-state index contributed by atoms with van der Waals surface area (Å²) in [5.74, 6) is -0.333. The topological polar surface area (TPSA) is 86.7 Å². The van der Waals surface area contributed by atoms with Crippen molar-refractivity contribution < 1.29 is 22.7 Å². The lowest BCUT2D eigenvalue weighted by Gasteiger charge is -2.35. The van der Waals surface area contributed by atoms with E-state index in [2.05, 4.69) is 5.32 Å². The molecule has 2 aromatic carbocycles. The third kappa shape index (κ3) is 5.86. The van der Waals surface area contributed by atoms with Crippen molar-refractivity contribution in [2.24, 2.45) is 0 Å². The molecule has 2 unspecified atom stereocenters. The minimum absolute atomic E-state index is 0.00894. The van der Waals surface area contributed by atoms with Gasteiger partial charge in [0.1, 0.15) is 6.17 Å². The molecule has 0 bridgehead atoms. The number of halogens is 2. The first-order valence-electron chi connectivity index (χ1n) is 10.6. The number of carbonyl (C=O) groups is 1. The minimum atomic E-state index is -3.97. The molecule has 1 fully saturated rings. The Kier molecular flexibility index (Phi) is 8.27. The van der Waals surface area contributed by atoms with Gasteiger partial charge in [0.15, 0.2) is 0 Å². The van der Waals surface area contributed by atoms with Crippen molar-refractivity contribution in [3.63, 3.8) is 0 Å². The van der Waals surface area contributed by atoms with E-state index in [4.69, 9.17) is 16.7 Å². The fraction of sp³-hybridized carbons (Fsp3) is 0.435. The number of hydrogen-bond donors (Lipinski definition) is 2. The van der Waals surface area contributed by atoms with Crippen LogP contribution >= 0.6 is 11.6 Å². The van der Waals surface area contributed by atoms with Crippen LogP contribution in [0.5, 0.6) is 0 Å². The van der Waals surface area contributed by atoms with Gasteiger partial charge in [-0.05, 0) is 61.7 Å². The highest BCUT2D eigenvalue weighted by Gasteiger charge is 2.38. The largest absolute Gasteiger partial charge is 0.394 e. The molecule has 1 amide bonds. The molecule has 174 valence electrons. The van der Waals surface area contributed by atoms with Crippen molar-refractivity contribution in [1.82, 2.24) is 9.62 Å². The molecule has 32 heavy (non-hydrogen) atoms. The maximum Gasteiger partial charge on any atom is 0.251 e. The zero-order chi connectivity index (χ0) is 23.3. The molecule has 3 rings (SSSR count). The van der Waals surface area contributed by atoms with E-state index in [1.54, 1.807) is 31.2 Å². The summed E-state index contributed by atoms with van der Waals surface area (Å²) in [6, 6.07) is 11.2. The van der Waals surface area contributed by atoms with Crippen LogP contribution in [0.15, 0.2) is 53.4 Å². The molecule has 6 nitrogen and oxygen atoms in total. The van der Waals surface area contributed by atoms with Crippen molar-refractivity contribution in [1.29, 1.82) is 0 Å². The predicted octanol–water partition coefficient (Wildman–Crippen LogP) is 3.92. The summed E-state index contributed by atoms with van der Waals surface area (Å²) < 4.78 is 43.0. The SMILES string of the molecule is C[C@H](CO)NC(=O)c1ccc(CN(C2CCCCC2F)S(=O)(=O)c2ccc(Cl)cc2)cc1. The maximum absolute atomic E-state index is 14.8. The molecule has 2 N–H and O–H groups in total. The molecule has 0 spiro atoms. The number of amides is 1. The van der Waals surface area contributed by atoms with Crippen LogP contribution in [0.25, 0.3) is 0 Å².